The van der Waals surface area contributed by atoms with Gasteiger partial charge in [-0.2, -0.15) is 0 Å². The fourth-order valence-electron chi connectivity index (χ4n) is 2.92. The largest absolute Gasteiger partial charge is 0.497 e. The Bertz CT molecular complexity index is 928. The van der Waals surface area contributed by atoms with Crippen molar-refractivity contribution < 1.29 is 14.2 Å². The highest BCUT2D eigenvalue weighted by molar-refractivity contribution is 7.99. The van der Waals surface area contributed by atoms with Crippen LogP contribution in [-0.4, -0.2) is 33.2 Å². The topological polar surface area (TPSA) is 27.7 Å². The van der Waals surface area contributed by atoms with Gasteiger partial charge in [0.05, 0.1) is 12.9 Å². The van der Waals surface area contributed by atoms with Gasteiger partial charge in [-0.15, -0.1) is 11.8 Å². The lowest BCUT2D eigenvalue weighted by Gasteiger charge is -2.17. The molecule has 0 aliphatic carbocycles. The lowest BCUT2D eigenvalue weighted by atomic mass is 10.0. The van der Waals surface area contributed by atoms with E-state index in [4.69, 9.17) is 14.2 Å². The fourth-order valence-corrected chi connectivity index (χ4v) is 3.59. The van der Waals surface area contributed by atoms with Crippen LogP contribution in [0.25, 0.3) is 0 Å². The molecule has 3 nitrogen and oxygen atoms in total. The van der Waals surface area contributed by atoms with Crippen molar-refractivity contribution in [2.45, 2.75) is 37.2 Å². The van der Waals surface area contributed by atoms with Crippen LogP contribution >= 0.6 is 11.8 Å². The average molecular weight is 449 g/mol. The van der Waals surface area contributed by atoms with Crippen molar-refractivity contribution in [1.29, 1.82) is 0 Å². The Hall–Kier alpha value is -2.63. The molecule has 0 saturated heterocycles. The zero-order chi connectivity index (χ0) is 22.9. The van der Waals surface area contributed by atoms with E-state index in [2.05, 4.69) is 35.8 Å². The third kappa shape index (κ3) is 9.67. The minimum absolute atomic E-state index is 0.256. The summed E-state index contributed by atoms with van der Waals surface area (Å²) in [5, 5.41) is 0. The normalized spacial score (nSPS) is 11.7. The van der Waals surface area contributed by atoms with Crippen molar-refractivity contribution in [3.05, 3.63) is 71.8 Å². The molecule has 0 spiro atoms. The minimum Gasteiger partial charge on any atom is -0.497 e. The summed E-state index contributed by atoms with van der Waals surface area (Å²) in [6.07, 6.45) is 4.48. The van der Waals surface area contributed by atoms with E-state index >= 15 is 0 Å². The fraction of sp³-hybridized carbons (Fsp3) is 0.357. The van der Waals surface area contributed by atoms with Gasteiger partial charge in [-0.1, -0.05) is 54.0 Å². The first-order valence-electron chi connectivity index (χ1n) is 10.9. The summed E-state index contributed by atoms with van der Waals surface area (Å²) in [5.74, 6) is 14.6. The number of hydrogen-bond acceptors (Lipinski definition) is 4. The lowest BCUT2D eigenvalue weighted by Crippen LogP contribution is -2.07. The monoisotopic (exact) mass is 448 g/mol. The van der Waals surface area contributed by atoms with E-state index < -0.39 is 0 Å². The number of unbranched alkanes of at least 4 members (excludes halogenated alkanes) is 2. The van der Waals surface area contributed by atoms with E-state index in [-0.39, 0.29) is 6.10 Å². The van der Waals surface area contributed by atoms with Crippen LogP contribution < -0.4 is 4.74 Å². The first kappa shape index (κ1) is 25.6. The van der Waals surface area contributed by atoms with E-state index in [1.165, 1.54) is 4.90 Å². The van der Waals surface area contributed by atoms with Crippen LogP contribution in [0.4, 0.5) is 0 Å². The van der Waals surface area contributed by atoms with Gasteiger partial charge in [0.15, 0.2) is 0 Å². The van der Waals surface area contributed by atoms with E-state index in [9.17, 15) is 0 Å². The molecule has 2 aromatic rings. The molecule has 1 unspecified atom stereocenters. The van der Waals surface area contributed by atoms with E-state index in [1.54, 1.807) is 26.0 Å². The van der Waals surface area contributed by atoms with Gasteiger partial charge < -0.3 is 14.2 Å². The van der Waals surface area contributed by atoms with Gasteiger partial charge in [0.2, 0.25) is 0 Å². The molecule has 2 rings (SSSR count). The number of allylic oxidation sites excluding steroid dienone is 1. The van der Waals surface area contributed by atoms with Crippen LogP contribution in [0.3, 0.4) is 0 Å². The van der Waals surface area contributed by atoms with Crippen LogP contribution in [0, 0.1) is 23.7 Å². The standard InChI is InChI=1S/C28H32O3S/c1-4-31-28(25-18-20-26(30-3)21-19-25)24(14-8-5-6-12-22-29-2)15-11-13-23-32-27-16-9-7-10-17-27/h7,9-10,15-21,28H,4-6,12,22-23H2,1-3H3/b24-15-. The maximum Gasteiger partial charge on any atom is 0.118 e. The number of methoxy groups -OCH3 is 2. The average Bonchev–Trinajstić information content (AvgIpc) is 2.84. The van der Waals surface area contributed by atoms with Crippen molar-refractivity contribution in [2.24, 2.45) is 0 Å². The first-order chi connectivity index (χ1) is 15.8. The molecule has 0 N–H and O–H groups in total. The lowest BCUT2D eigenvalue weighted by molar-refractivity contribution is 0.0916. The second kappa shape index (κ2) is 16.1. The smallest absolute Gasteiger partial charge is 0.118 e. The molecular weight excluding hydrogens is 416 g/mol. The summed E-state index contributed by atoms with van der Waals surface area (Å²) in [6, 6.07) is 18.2. The molecule has 0 amide bonds. The van der Waals surface area contributed by atoms with Gasteiger partial charge >= 0.3 is 0 Å². The molecule has 4 heteroatoms. The molecule has 168 valence electrons. The number of ether oxygens (including phenoxy) is 3. The van der Waals surface area contributed by atoms with E-state index in [0.717, 1.165) is 48.5 Å². The van der Waals surface area contributed by atoms with Gasteiger partial charge in [0, 0.05) is 43.3 Å². The predicted octanol–water partition coefficient (Wildman–Crippen LogP) is 6.32. The molecule has 0 saturated carbocycles. The highest BCUT2D eigenvalue weighted by Gasteiger charge is 2.15. The summed E-state index contributed by atoms with van der Waals surface area (Å²) in [6.45, 7) is 3.34. The van der Waals surface area contributed by atoms with Gasteiger partial charge in [-0.05, 0) is 49.6 Å². The summed E-state index contributed by atoms with van der Waals surface area (Å²) >= 11 is 1.72. The molecule has 2 aromatic carbocycles. The minimum atomic E-state index is -0.256. The third-order valence-electron chi connectivity index (χ3n) is 4.55. The Labute approximate surface area is 197 Å². The molecule has 0 fully saturated rings. The van der Waals surface area contributed by atoms with Gasteiger partial charge in [0.1, 0.15) is 11.9 Å². The zero-order valence-electron chi connectivity index (χ0n) is 19.2. The van der Waals surface area contributed by atoms with Crippen molar-refractivity contribution >= 4 is 11.8 Å². The zero-order valence-corrected chi connectivity index (χ0v) is 20.0. The molecule has 32 heavy (non-hydrogen) atoms. The van der Waals surface area contributed by atoms with Gasteiger partial charge in [-0.3, -0.25) is 0 Å². The van der Waals surface area contributed by atoms with E-state index in [1.807, 2.05) is 55.5 Å². The quantitative estimate of drug-likeness (QED) is 0.229. The SMILES string of the molecule is CCOC(/C(C#CCCCCOC)=C\C#CCSc1ccccc1)c1ccc(OC)cc1. The van der Waals surface area contributed by atoms with Crippen molar-refractivity contribution in [3.63, 3.8) is 0 Å². The van der Waals surface area contributed by atoms with Crippen LogP contribution in [0.2, 0.25) is 0 Å². The van der Waals surface area contributed by atoms with Gasteiger partial charge in [-0.25, -0.2) is 0 Å². The third-order valence-corrected chi connectivity index (χ3v) is 5.45. The maximum atomic E-state index is 6.08. The molecule has 0 radical (unpaired) electrons. The Morgan fingerprint density at radius 2 is 1.78 bits per heavy atom. The molecular formula is C28H32O3S. The maximum absolute atomic E-state index is 6.08. The molecule has 1 atom stereocenters. The molecule has 0 aliphatic rings. The summed E-state index contributed by atoms with van der Waals surface area (Å²) in [5.41, 5.74) is 1.91. The Morgan fingerprint density at radius 1 is 1.00 bits per heavy atom. The van der Waals surface area contributed by atoms with Gasteiger partial charge in [0.25, 0.3) is 0 Å². The second-order valence-corrected chi connectivity index (χ2v) is 7.93. The van der Waals surface area contributed by atoms with E-state index in [0.29, 0.717) is 6.61 Å². The number of thioether (sulfide) groups is 1. The molecule has 0 aliphatic heterocycles. The Morgan fingerprint density at radius 3 is 2.47 bits per heavy atom. The Balaban J connectivity index is 2.17. The Kier molecular flexibility index (Phi) is 12.9. The van der Waals surface area contributed by atoms with Crippen molar-refractivity contribution in [2.75, 3.05) is 33.2 Å². The summed E-state index contributed by atoms with van der Waals surface area (Å²) in [7, 11) is 3.39. The highest BCUT2D eigenvalue weighted by Crippen LogP contribution is 2.27. The van der Waals surface area contributed by atoms with Crippen molar-refractivity contribution in [3.8, 4) is 29.4 Å². The number of rotatable bonds is 11. The van der Waals surface area contributed by atoms with Crippen molar-refractivity contribution in [1.82, 2.24) is 0 Å². The van der Waals surface area contributed by atoms with Crippen LogP contribution in [-0.2, 0) is 9.47 Å². The molecule has 0 aromatic heterocycles. The highest BCUT2D eigenvalue weighted by atomic mass is 32.2. The molecule has 0 bridgehead atoms. The first-order valence-corrected chi connectivity index (χ1v) is 11.9. The number of hydrogen-bond donors (Lipinski definition) is 0. The summed E-state index contributed by atoms with van der Waals surface area (Å²) < 4.78 is 16.5. The number of benzene rings is 2. The second-order valence-electron chi connectivity index (χ2n) is 6.88. The predicted molar refractivity (Wildman–Crippen MR) is 134 cm³/mol. The van der Waals surface area contributed by atoms with Crippen LogP contribution in [0.1, 0.15) is 37.9 Å². The molecule has 0 heterocycles. The summed E-state index contributed by atoms with van der Waals surface area (Å²) in [4.78, 5) is 1.22. The van der Waals surface area contributed by atoms with Crippen LogP contribution in [0.15, 0.2) is 71.1 Å². The van der Waals surface area contributed by atoms with Crippen LogP contribution in [0.5, 0.6) is 5.75 Å².